The van der Waals surface area contributed by atoms with E-state index in [2.05, 4.69) is 24.8 Å². The lowest BCUT2D eigenvalue weighted by atomic mass is 10.3. The van der Waals surface area contributed by atoms with Gasteiger partial charge in [-0.25, -0.2) is 0 Å². The van der Waals surface area contributed by atoms with Crippen LogP contribution in [0.25, 0.3) is 0 Å². The van der Waals surface area contributed by atoms with E-state index in [4.69, 9.17) is 11.5 Å². The number of hydrogen-bond acceptors (Lipinski definition) is 5. The highest BCUT2D eigenvalue weighted by Gasteiger charge is 1.99. The second-order valence-corrected chi connectivity index (χ2v) is 7.30. The van der Waals surface area contributed by atoms with Gasteiger partial charge < -0.3 is 11.5 Å². The van der Waals surface area contributed by atoms with Crippen LogP contribution in [0.15, 0.2) is 93.5 Å². The summed E-state index contributed by atoms with van der Waals surface area (Å²) in [4.78, 5) is 3.20. The van der Waals surface area contributed by atoms with Gasteiger partial charge in [0, 0.05) is 26.1 Å². The topological polar surface area (TPSA) is 52.0 Å². The number of rotatable bonds is 3. The van der Waals surface area contributed by atoms with Crippen molar-refractivity contribution in [3.8, 4) is 0 Å². The Bertz CT molecular complexity index is 714. The summed E-state index contributed by atoms with van der Waals surface area (Å²) in [6, 6.07) is 25.7. The van der Waals surface area contributed by atoms with Gasteiger partial charge in [-0.2, -0.15) is 0 Å². The zero-order valence-electron chi connectivity index (χ0n) is 18.4. The summed E-state index contributed by atoms with van der Waals surface area (Å²) in [5.74, 6) is 0. The molecule has 0 saturated heterocycles. The molecule has 0 aromatic heterocycles. The Balaban J connectivity index is 0. The second kappa shape index (κ2) is 21.0. The van der Waals surface area contributed by atoms with Crippen molar-refractivity contribution in [1.82, 2.24) is 0 Å². The predicted octanol–water partition coefficient (Wildman–Crippen LogP) is 8.70. The molecule has 0 saturated carbocycles. The van der Waals surface area contributed by atoms with Crippen molar-refractivity contribution in [2.24, 2.45) is 0 Å². The Kier molecular flexibility index (Phi) is 21.4. The lowest BCUT2D eigenvalue weighted by molar-refractivity contribution is 1.47. The summed E-state index contributed by atoms with van der Waals surface area (Å²) < 4.78 is 0. The third-order valence-corrected chi connectivity index (χ3v) is 5.70. The van der Waals surface area contributed by atoms with E-state index >= 15 is 0 Å². The van der Waals surface area contributed by atoms with Crippen LogP contribution in [-0.4, -0.2) is 0 Å². The van der Waals surface area contributed by atoms with Crippen LogP contribution in [0.1, 0.15) is 41.5 Å². The maximum Gasteiger partial charge on any atom is 0.0461 e. The standard InChI is InChI=1S/C12H11NS2.C6H7NS.3C2H6/c13-11-8-4-5-9-12(11)15-14-10-6-2-1-3-7-10;7-5-3-1-2-4-6(5)8;3*1-2/h1-9H,13H2;1-4,8H,7H2;3*1-2H3. The summed E-state index contributed by atoms with van der Waals surface area (Å²) in [5, 5.41) is 0. The largest absolute Gasteiger partial charge is 0.398 e. The highest BCUT2D eigenvalue weighted by Crippen LogP contribution is 2.39. The van der Waals surface area contributed by atoms with E-state index in [9.17, 15) is 0 Å². The van der Waals surface area contributed by atoms with Crippen molar-refractivity contribution < 1.29 is 0 Å². The molecule has 2 nitrogen and oxygen atoms in total. The van der Waals surface area contributed by atoms with Crippen molar-refractivity contribution in [2.75, 3.05) is 11.5 Å². The molecule has 29 heavy (non-hydrogen) atoms. The molecule has 3 rings (SSSR count). The first-order valence-corrected chi connectivity index (χ1v) is 12.5. The zero-order chi connectivity index (χ0) is 22.5. The molecule has 0 bridgehead atoms. The van der Waals surface area contributed by atoms with Crippen LogP contribution in [0, 0.1) is 0 Å². The van der Waals surface area contributed by atoms with Crippen molar-refractivity contribution in [3.63, 3.8) is 0 Å². The molecule has 3 aromatic carbocycles. The van der Waals surface area contributed by atoms with Gasteiger partial charge in [-0.1, -0.05) is 106 Å². The lowest BCUT2D eigenvalue weighted by Crippen LogP contribution is -1.85. The number of nitrogen functional groups attached to an aromatic ring is 2. The molecule has 160 valence electrons. The van der Waals surface area contributed by atoms with Crippen LogP contribution < -0.4 is 11.5 Å². The molecule has 5 heteroatoms. The Hall–Kier alpha value is -1.69. The second-order valence-electron chi connectivity index (χ2n) is 4.58. The first-order valence-electron chi connectivity index (χ1n) is 9.94. The third-order valence-electron chi connectivity index (χ3n) is 2.83. The van der Waals surface area contributed by atoms with Crippen molar-refractivity contribution in [1.29, 1.82) is 0 Å². The van der Waals surface area contributed by atoms with Gasteiger partial charge in [0.05, 0.1) is 0 Å². The minimum atomic E-state index is 0.732. The smallest absolute Gasteiger partial charge is 0.0461 e. The maximum absolute atomic E-state index is 5.85. The number of nitrogens with two attached hydrogens (primary N) is 2. The fourth-order valence-corrected chi connectivity index (χ4v) is 3.87. The summed E-state index contributed by atoms with van der Waals surface area (Å²) in [6.45, 7) is 12.0. The third kappa shape index (κ3) is 14.0. The van der Waals surface area contributed by atoms with Gasteiger partial charge in [-0.05, 0) is 36.4 Å². The molecule has 0 fully saturated rings. The highest BCUT2D eigenvalue weighted by molar-refractivity contribution is 8.76. The van der Waals surface area contributed by atoms with Crippen molar-refractivity contribution >= 4 is 45.6 Å². The maximum atomic E-state index is 5.85. The average Bonchev–Trinajstić information content (AvgIpc) is 2.80. The molecule has 0 heterocycles. The van der Waals surface area contributed by atoms with Crippen LogP contribution in [0.5, 0.6) is 0 Å². The van der Waals surface area contributed by atoms with E-state index in [0.29, 0.717) is 0 Å². The molecule has 0 spiro atoms. The van der Waals surface area contributed by atoms with Crippen LogP contribution in [0.4, 0.5) is 11.4 Å². The summed E-state index contributed by atoms with van der Waals surface area (Å²) >= 11 is 4.07. The van der Waals surface area contributed by atoms with Crippen LogP contribution in [0.2, 0.25) is 0 Å². The molecule has 0 amide bonds. The normalized spacial score (nSPS) is 8.38. The number of benzene rings is 3. The minimum Gasteiger partial charge on any atom is -0.398 e. The van der Waals surface area contributed by atoms with Gasteiger partial charge in [0.15, 0.2) is 0 Å². The Morgan fingerprint density at radius 3 is 1.45 bits per heavy atom. The average molecular weight is 449 g/mol. The number of thiol groups is 1. The van der Waals surface area contributed by atoms with Gasteiger partial charge >= 0.3 is 0 Å². The first kappa shape index (κ1) is 29.5. The Morgan fingerprint density at radius 1 is 0.552 bits per heavy atom. The van der Waals surface area contributed by atoms with E-state index in [1.54, 1.807) is 21.6 Å². The van der Waals surface area contributed by atoms with E-state index < -0.39 is 0 Å². The molecule has 0 atom stereocenters. The van der Waals surface area contributed by atoms with Crippen molar-refractivity contribution in [3.05, 3.63) is 78.9 Å². The molecule has 4 N–H and O–H groups in total. The monoisotopic (exact) mass is 448 g/mol. The van der Waals surface area contributed by atoms with Crippen LogP contribution in [0.3, 0.4) is 0 Å². The van der Waals surface area contributed by atoms with E-state index in [-0.39, 0.29) is 0 Å². The van der Waals surface area contributed by atoms with Gasteiger partial charge in [0.25, 0.3) is 0 Å². The zero-order valence-corrected chi connectivity index (χ0v) is 21.0. The molecule has 0 unspecified atom stereocenters. The molecule has 3 aromatic rings. The number of anilines is 2. The summed E-state index contributed by atoms with van der Waals surface area (Å²) in [5.41, 5.74) is 12.9. The highest BCUT2D eigenvalue weighted by atomic mass is 33.1. The fraction of sp³-hybridized carbons (Fsp3) is 0.250. The van der Waals surface area contributed by atoms with Gasteiger partial charge in [-0.3, -0.25) is 0 Å². The predicted molar refractivity (Wildman–Crippen MR) is 141 cm³/mol. The molecule has 0 aliphatic heterocycles. The first-order chi connectivity index (χ1) is 14.2. The minimum absolute atomic E-state index is 0.732. The molecule has 0 aliphatic rings. The van der Waals surface area contributed by atoms with Gasteiger partial charge in [0.1, 0.15) is 0 Å². The Morgan fingerprint density at radius 2 is 1.00 bits per heavy atom. The number of hydrogen-bond donors (Lipinski definition) is 3. The van der Waals surface area contributed by atoms with Crippen LogP contribution in [-0.2, 0) is 0 Å². The molecular formula is C24H36N2S3. The fourth-order valence-electron chi connectivity index (χ4n) is 1.61. The number of para-hydroxylation sites is 2. The van der Waals surface area contributed by atoms with Gasteiger partial charge in [-0.15, -0.1) is 12.6 Å². The molecule has 0 aliphatic carbocycles. The van der Waals surface area contributed by atoms with E-state index in [1.165, 1.54) is 4.90 Å². The Labute approximate surface area is 191 Å². The molecule has 0 radical (unpaired) electrons. The van der Waals surface area contributed by atoms with E-state index in [0.717, 1.165) is 21.2 Å². The molecular weight excluding hydrogens is 412 g/mol. The van der Waals surface area contributed by atoms with Crippen LogP contribution >= 0.6 is 34.2 Å². The lowest BCUT2D eigenvalue weighted by Gasteiger charge is -2.03. The quantitative estimate of drug-likeness (QED) is 0.213. The van der Waals surface area contributed by atoms with Crippen molar-refractivity contribution in [2.45, 2.75) is 56.2 Å². The summed E-state index contributed by atoms with van der Waals surface area (Å²) in [6.07, 6.45) is 0. The summed E-state index contributed by atoms with van der Waals surface area (Å²) in [7, 11) is 3.42. The van der Waals surface area contributed by atoms with Gasteiger partial charge in [0.2, 0.25) is 0 Å². The SMILES string of the molecule is CC.CC.CC.Nc1ccccc1S.Nc1ccccc1SSc1ccccc1. The van der Waals surface area contributed by atoms with E-state index in [1.807, 2.05) is 108 Å².